The number of carbonyl (C=O) groups excluding carboxylic acids is 2. The van der Waals surface area contributed by atoms with Gasteiger partial charge in [-0.25, -0.2) is 0 Å². The van der Waals surface area contributed by atoms with Gasteiger partial charge in [0, 0.05) is 32.3 Å². The highest BCUT2D eigenvalue weighted by Crippen LogP contribution is 2.19. The Hall–Kier alpha value is -1.53. The van der Waals surface area contributed by atoms with Crippen LogP contribution in [-0.2, 0) is 9.59 Å². The van der Waals surface area contributed by atoms with Gasteiger partial charge in [-0.1, -0.05) is 12.5 Å². The lowest BCUT2D eigenvalue weighted by Crippen LogP contribution is -2.43. The third kappa shape index (κ3) is 4.54. The van der Waals surface area contributed by atoms with E-state index in [0.717, 1.165) is 16.9 Å². The fraction of sp³-hybridized carbons (Fsp3) is 0.692. The molecule has 1 heterocycles. The highest BCUT2D eigenvalue weighted by Gasteiger charge is 2.42. The number of amides is 2. The second kappa shape index (κ2) is 6.76. The van der Waals surface area contributed by atoms with Gasteiger partial charge in [-0.05, 0) is 19.8 Å². The summed E-state index contributed by atoms with van der Waals surface area (Å²) in [6.07, 6.45) is -2.25. The van der Waals surface area contributed by atoms with E-state index in [2.05, 4.69) is 0 Å². The third-order valence-corrected chi connectivity index (χ3v) is 3.26. The minimum absolute atomic E-state index is 0.0264. The SMILES string of the molecule is CC/C(C)=C/C(=O)N1CCCN(C(=O)C(F)(F)F)CC1. The van der Waals surface area contributed by atoms with Crippen LogP contribution in [0, 0.1) is 0 Å². The number of carbonyl (C=O) groups is 2. The van der Waals surface area contributed by atoms with E-state index in [4.69, 9.17) is 0 Å². The molecule has 0 aromatic heterocycles. The summed E-state index contributed by atoms with van der Waals surface area (Å²) in [5.74, 6) is -2.03. The molecule has 0 saturated carbocycles. The summed E-state index contributed by atoms with van der Waals surface area (Å²) in [7, 11) is 0. The molecule has 0 aromatic rings. The summed E-state index contributed by atoms with van der Waals surface area (Å²) in [6.45, 7) is 4.20. The number of halogens is 3. The van der Waals surface area contributed by atoms with Crippen molar-refractivity contribution in [2.24, 2.45) is 0 Å². The quantitative estimate of drug-likeness (QED) is 0.730. The zero-order valence-electron chi connectivity index (χ0n) is 11.7. The van der Waals surface area contributed by atoms with Gasteiger partial charge in [0.2, 0.25) is 5.91 Å². The van der Waals surface area contributed by atoms with Crippen LogP contribution in [0.2, 0.25) is 0 Å². The third-order valence-electron chi connectivity index (χ3n) is 3.26. The monoisotopic (exact) mass is 292 g/mol. The van der Waals surface area contributed by atoms with Crippen molar-refractivity contribution in [1.82, 2.24) is 9.80 Å². The fourth-order valence-electron chi connectivity index (χ4n) is 1.92. The van der Waals surface area contributed by atoms with Crippen LogP contribution in [0.15, 0.2) is 11.6 Å². The topological polar surface area (TPSA) is 40.6 Å². The predicted molar refractivity (Wildman–Crippen MR) is 67.9 cm³/mol. The number of hydrogen-bond donors (Lipinski definition) is 0. The molecule has 0 spiro atoms. The van der Waals surface area contributed by atoms with Crippen LogP contribution in [-0.4, -0.2) is 54.0 Å². The molecule has 114 valence electrons. The molecule has 1 aliphatic heterocycles. The van der Waals surface area contributed by atoms with E-state index in [-0.39, 0.29) is 25.5 Å². The van der Waals surface area contributed by atoms with Crippen LogP contribution >= 0.6 is 0 Å². The van der Waals surface area contributed by atoms with Gasteiger partial charge in [-0.2, -0.15) is 13.2 Å². The van der Waals surface area contributed by atoms with Gasteiger partial charge in [-0.3, -0.25) is 9.59 Å². The largest absolute Gasteiger partial charge is 0.471 e. The van der Waals surface area contributed by atoms with Crippen molar-refractivity contribution in [2.45, 2.75) is 32.9 Å². The first-order valence-corrected chi connectivity index (χ1v) is 6.58. The van der Waals surface area contributed by atoms with E-state index in [0.29, 0.717) is 13.0 Å². The Morgan fingerprint density at radius 3 is 2.20 bits per heavy atom. The zero-order valence-corrected chi connectivity index (χ0v) is 11.7. The summed E-state index contributed by atoms with van der Waals surface area (Å²) < 4.78 is 37.1. The van der Waals surface area contributed by atoms with E-state index in [1.807, 2.05) is 13.8 Å². The van der Waals surface area contributed by atoms with Crippen LogP contribution < -0.4 is 0 Å². The summed E-state index contributed by atoms with van der Waals surface area (Å²) in [6, 6.07) is 0. The molecular weight excluding hydrogens is 273 g/mol. The Kier molecular flexibility index (Phi) is 5.59. The number of allylic oxidation sites excluding steroid dienone is 1. The molecule has 0 aliphatic carbocycles. The van der Waals surface area contributed by atoms with E-state index in [1.165, 1.54) is 11.0 Å². The molecule has 1 rings (SSSR count). The lowest BCUT2D eigenvalue weighted by atomic mass is 10.2. The molecule has 2 amide bonds. The molecule has 0 unspecified atom stereocenters. The molecule has 0 atom stereocenters. The maximum absolute atomic E-state index is 12.4. The summed E-state index contributed by atoms with van der Waals surface area (Å²) in [5.41, 5.74) is 0.919. The van der Waals surface area contributed by atoms with E-state index in [1.54, 1.807) is 0 Å². The summed E-state index contributed by atoms with van der Waals surface area (Å²) in [4.78, 5) is 25.3. The van der Waals surface area contributed by atoms with Crippen molar-refractivity contribution in [3.63, 3.8) is 0 Å². The fourth-order valence-corrected chi connectivity index (χ4v) is 1.92. The van der Waals surface area contributed by atoms with E-state index < -0.39 is 12.1 Å². The standard InChI is InChI=1S/C13H19F3N2O2/c1-3-10(2)9-11(19)17-5-4-6-18(8-7-17)12(20)13(14,15)16/h9H,3-8H2,1-2H3/b10-9+. The van der Waals surface area contributed by atoms with Gasteiger partial charge in [0.15, 0.2) is 0 Å². The van der Waals surface area contributed by atoms with Gasteiger partial charge in [0.05, 0.1) is 0 Å². The first-order chi connectivity index (χ1) is 9.25. The number of hydrogen-bond acceptors (Lipinski definition) is 2. The smallest absolute Gasteiger partial charge is 0.337 e. The molecule has 1 saturated heterocycles. The molecule has 0 aromatic carbocycles. The minimum Gasteiger partial charge on any atom is -0.337 e. The highest BCUT2D eigenvalue weighted by atomic mass is 19.4. The first kappa shape index (κ1) is 16.5. The van der Waals surface area contributed by atoms with Crippen molar-refractivity contribution >= 4 is 11.8 Å². The van der Waals surface area contributed by atoms with Gasteiger partial charge in [0.25, 0.3) is 0 Å². The van der Waals surface area contributed by atoms with Gasteiger partial charge in [-0.15, -0.1) is 0 Å². The average molecular weight is 292 g/mol. The first-order valence-electron chi connectivity index (χ1n) is 6.58. The maximum atomic E-state index is 12.4. The average Bonchev–Trinajstić information content (AvgIpc) is 2.62. The van der Waals surface area contributed by atoms with Gasteiger partial charge in [0.1, 0.15) is 0 Å². The molecule has 1 fully saturated rings. The van der Waals surface area contributed by atoms with Crippen molar-refractivity contribution < 1.29 is 22.8 Å². The maximum Gasteiger partial charge on any atom is 0.471 e. The number of alkyl halides is 3. The normalized spacial score (nSPS) is 17.9. The van der Waals surface area contributed by atoms with E-state index in [9.17, 15) is 22.8 Å². The predicted octanol–water partition coefficient (Wildman–Crippen LogP) is 1.97. The molecule has 7 heteroatoms. The van der Waals surface area contributed by atoms with E-state index >= 15 is 0 Å². The Balaban J connectivity index is 2.64. The van der Waals surface area contributed by atoms with Crippen molar-refractivity contribution in [3.8, 4) is 0 Å². The molecule has 0 bridgehead atoms. The molecule has 0 radical (unpaired) electrons. The molecular formula is C13H19F3N2O2. The van der Waals surface area contributed by atoms with Crippen molar-refractivity contribution in [1.29, 1.82) is 0 Å². The van der Waals surface area contributed by atoms with Gasteiger partial charge >= 0.3 is 12.1 Å². The van der Waals surface area contributed by atoms with Crippen molar-refractivity contribution in [3.05, 3.63) is 11.6 Å². The molecule has 20 heavy (non-hydrogen) atoms. The number of rotatable bonds is 2. The van der Waals surface area contributed by atoms with Gasteiger partial charge < -0.3 is 9.80 Å². The highest BCUT2D eigenvalue weighted by molar-refractivity contribution is 5.88. The lowest BCUT2D eigenvalue weighted by Gasteiger charge is -2.22. The summed E-state index contributed by atoms with van der Waals surface area (Å²) >= 11 is 0. The molecule has 0 N–H and O–H groups in total. The summed E-state index contributed by atoms with van der Waals surface area (Å²) in [5, 5.41) is 0. The number of nitrogens with zero attached hydrogens (tertiary/aromatic N) is 2. The van der Waals surface area contributed by atoms with Crippen LogP contribution in [0.3, 0.4) is 0 Å². The minimum atomic E-state index is -4.85. The second-order valence-electron chi connectivity index (χ2n) is 4.81. The molecule has 1 aliphatic rings. The zero-order chi connectivity index (χ0) is 15.3. The van der Waals surface area contributed by atoms with Crippen LogP contribution in [0.1, 0.15) is 26.7 Å². The Morgan fingerprint density at radius 1 is 1.10 bits per heavy atom. The Bertz CT molecular complexity index is 405. The van der Waals surface area contributed by atoms with Crippen LogP contribution in [0.25, 0.3) is 0 Å². The van der Waals surface area contributed by atoms with Crippen LogP contribution in [0.5, 0.6) is 0 Å². The van der Waals surface area contributed by atoms with Crippen molar-refractivity contribution in [2.75, 3.05) is 26.2 Å². The Labute approximate surface area is 116 Å². The Morgan fingerprint density at radius 2 is 1.65 bits per heavy atom. The lowest BCUT2D eigenvalue weighted by molar-refractivity contribution is -0.185. The van der Waals surface area contributed by atoms with Crippen LogP contribution in [0.4, 0.5) is 13.2 Å². The second-order valence-corrected chi connectivity index (χ2v) is 4.81. The molecule has 4 nitrogen and oxygen atoms in total.